The molecule has 2 aromatic carbocycles. The minimum Gasteiger partial charge on any atom is -0.497 e. The van der Waals surface area contributed by atoms with E-state index in [9.17, 15) is 4.79 Å². The molecule has 0 N–H and O–H groups in total. The van der Waals surface area contributed by atoms with E-state index in [0.717, 1.165) is 16.0 Å². The predicted octanol–water partition coefficient (Wildman–Crippen LogP) is 3.01. The van der Waals surface area contributed by atoms with Crippen LogP contribution in [0, 0.1) is 0 Å². The number of methoxy groups -OCH3 is 3. The van der Waals surface area contributed by atoms with E-state index >= 15 is 0 Å². The molecule has 0 saturated carbocycles. The molecule has 0 bridgehead atoms. The van der Waals surface area contributed by atoms with Crippen LogP contribution in [0.4, 0.5) is 0 Å². The van der Waals surface area contributed by atoms with Crippen molar-refractivity contribution in [2.75, 3.05) is 21.3 Å². The SMILES string of the molecule is COc1ccc2c(c1)sc(=NC(=O)c1cccc(OC)c1OC)n2C. The van der Waals surface area contributed by atoms with Crippen molar-refractivity contribution in [1.82, 2.24) is 4.57 Å². The number of hydrogen-bond donors (Lipinski definition) is 0. The number of benzene rings is 2. The van der Waals surface area contributed by atoms with Gasteiger partial charge in [-0.05, 0) is 30.3 Å². The van der Waals surface area contributed by atoms with E-state index in [4.69, 9.17) is 14.2 Å². The summed E-state index contributed by atoms with van der Waals surface area (Å²) in [6.07, 6.45) is 0. The molecule has 3 aromatic rings. The fraction of sp³-hybridized carbons (Fsp3) is 0.222. The van der Waals surface area contributed by atoms with Gasteiger partial charge >= 0.3 is 0 Å². The molecule has 1 amide bonds. The minimum absolute atomic E-state index is 0.358. The van der Waals surface area contributed by atoms with Crippen molar-refractivity contribution in [3.05, 3.63) is 46.8 Å². The number of ether oxygens (including phenoxy) is 3. The van der Waals surface area contributed by atoms with Crippen molar-refractivity contribution in [3.8, 4) is 17.2 Å². The summed E-state index contributed by atoms with van der Waals surface area (Å²) in [4.78, 5) is 17.5. The minimum atomic E-state index is -0.384. The van der Waals surface area contributed by atoms with Crippen LogP contribution in [-0.4, -0.2) is 31.8 Å². The molecule has 0 aliphatic rings. The van der Waals surface area contributed by atoms with Crippen molar-refractivity contribution in [2.45, 2.75) is 0 Å². The Morgan fingerprint density at radius 3 is 2.56 bits per heavy atom. The fourth-order valence-electron chi connectivity index (χ4n) is 2.55. The van der Waals surface area contributed by atoms with E-state index in [2.05, 4.69) is 4.99 Å². The Morgan fingerprint density at radius 2 is 1.88 bits per heavy atom. The molecule has 130 valence electrons. The van der Waals surface area contributed by atoms with Crippen molar-refractivity contribution < 1.29 is 19.0 Å². The smallest absolute Gasteiger partial charge is 0.283 e. The van der Waals surface area contributed by atoms with Gasteiger partial charge in [-0.25, -0.2) is 0 Å². The van der Waals surface area contributed by atoms with Gasteiger partial charge < -0.3 is 18.8 Å². The van der Waals surface area contributed by atoms with E-state index in [-0.39, 0.29) is 5.91 Å². The maximum atomic E-state index is 12.7. The summed E-state index contributed by atoms with van der Waals surface area (Å²) in [5.74, 6) is 1.25. The second kappa shape index (κ2) is 6.98. The van der Waals surface area contributed by atoms with Crippen LogP contribution in [0.3, 0.4) is 0 Å². The fourth-order valence-corrected chi connectivity index (χ4v) is 3.60. The maximum Gasteiger partial charge on any atom is 0.283 e. The number of aromatic nitrogens is 1. The molecular formula is C18H18N2O4S. The third kappa shape index (κ3) is 3.10. The van der Waals surface area contributed by atoms with E-state index in [1.54, 1.807) is 25.3 Å². The van der Waals surface area contributed by atoms with Crippen LogP contribution >= 0.6 is 11.3 Å². The second-order valence-electron chi connectivity index (χ2n) is 5.24. The number of para-hydroxylation sites is 1. The summed E-state index contributed by atoms with van der Waals surface area (Å²) in [5.41, 5.74) is 1.34. The highest BCUT2D eigenvalue weighted by molar-refractivity contribution is 7.16. The predicted molar refractivity (Wildman–Crippen MR) is 96.8 cm³/mol. The summed E-state index contributed by atoms with van der Waals surface area (Å²) in [5, 5.41) is 0. The molecule has 6 nitrogen and oxygen atoms in total. The molecule has 1 aromatic heterocycles. The Morgan fingerprint density at radius 1 is 1.08 bits per heavy atom. The molecule has 0 aliphatic heterocycles. The molecule has 0 fully saturated rings. The first-order valence-corrected chi connectivity index (χ1v) is 8.34. The molecule has 3 rings (SSSR count). The van der Waals surface area contributed by atoms with Gasteiger partial charge in [0.15, 0.2) is 16.3 Å². The van der Waals surface area contributed by atoms with Crippen LogP contribution in [0.15, 0.2) is 41.4 Å². The Hall–Kier alpha value is -2.80. The Bertz CT molecular complexity index is 1000. The van der Waals surface area contributed by atoms with Crippen molar-refractivity contribution >= 4 is 27.5 Å². The molecule has 7 heteroatoms. The lowest BCUT2D eigenvalue weighted by Crippen LogP contribution is -2.13. The molecule has 0 radical (unpaired) electrons. The van der Waals surface area contributed by atoms with Gasteiger partial charge in [0.05, 0.1) is 37.1 Å². The number of fused-ring (bicyclic) bond motifs is 1. The summed E-state index contributed by atoms with van der Waals surface area (Å²) in [7, 11) is 6.53. The molecular weight excluding hydrogens is 340 g/mol. The monoisotopic (exact) mass is 358 g/mol. The third-order valence-corrected chi connectivity index (χ3v) is 4.94. The highest BCUT2D eigenvalue weighted by Gasteiger charge is 2.16. The number of rotatable bonds is 4. The second-order valence-corrected chi connectivity index (χ2v) is 6.24. The molecule has 0 unspecified atom stereocenters. The first kappa shape index (κ1) is 17.0. The zero-order valence-corrected chi connectivity index (χ0v) is 15.2. The Balaban J connectivity index is 2.11. The summed E-state index contributed by atoms with van der Waals surface area (Å²) in [6, 6.07) is 10.9. The standard InChI is InChI=1S/C18H18N2O4S/c1-20-13-9-8-11(22-2)10-15(13)25-18(20)19-17(21)12-6-5-7-14(23-3)16(12)24-4/h5-10H,1-4H3. The summed E-state index contributed by atoms with van der Waals surface area (Å²) < 4.78 is 18.7. The first-order valence-electron chi connectivity index (χ1n) is 7.52. The van der Waals surface area contributed by atoms with Crippen LogP contribution in [0.2, 0.25) is 0 Å². The molecule has 0 spiro atoms. The first-order chi connectivity index (χ1) is 12.1. The zero-order valence-electron chi connectivity index (χ0n) is 14.4. The molecule has 0 aliphatic carbocycles. The third-order valence-electron chi connectivity index (χ3n) is 3.85. The van der Waals surface area contributed by atoms with Crippen LogP contribution in [-0.2, 0) is 7.05 Å². The lowest BCUT2D eigenvalue weighted by molar-refractivity contribution is 0.0994. The molecule has 1 heterocycles. The van der Waals surface area contributed by atoms with Gasteiger partial charge in [-0.15, -0.1) is 0 Å². The lowest BCUT2D eigenvalue weighted by Gasteiger charge is -2.09. The number of carbonyl (C=O) groups is 1. The van der Waals surface area contributed by atoms with E-state index in [0.29, 0.717) is 21.9 Å². The van der Waals surface area contributed by atoms with E-state index in [1.807, 2.05) is 29.8 Å². The Labute approximate surface area is 148 Å². The molecule has 0 atom stereocenters. The van der Waals surface area contributed by atoms with E-state index < -0.39 is 0 Å². The number of amides is 1. The van der Waals surface area contributed by atoms with Crippen molar-refractivity contribution in [3.63, 3.8) is 0 Å². The zero-order chi connectivity index (χ0) is 18.0. The van der Waals surface area contributed by atoms with Gasteiger partial charge in [-0.2, -0.15) is 4.99 Å². The molecule has 0 saturated heterocycles. The number of aryl methyl sites for hydroxylation is 1. The highest BCUT2D eigenvalue weighted by atomic mass is 32.1. The van der Waals surface area contributed by atoms with Crippen molar-refractivity contribution in [1.29, 1.82) is 0 Å². The summed E-state index contributed by atoms with van der Waals surface area (Å²) in [6.45, 7) is 0. The Kier molecular flexibility index (Phi) is 4.76. The number of nitrogens with zero attached hydrogens (tertiary/aromatic N) is 2. The van der Waals surface area contributed by atoms with Gasteiger partial charge in [0.1, 0.15) is 5.75 Å². The summed E-state index contributed by atoms with van der Waals surface area (Å²) >= 11 is 1.42. The lowest BCUT2D eigenvalue weighted by atomic mass is 10.2. The van der Waals surface area contributed by atoms with Gasteiger partial charge in [-0.1, -0.05) is 17.4 Å². The van der Waals surface area contributed by atoms with Gasteiger partial charge in [0.2, 0.25) is 0 Å². The van der Waals surface area contributed by atoms with Crippen LogP contribution in [0.5, 0.6) is 17.2 Å². The van der Waals surface area contributed by atoms with Crippen LogP contribution in [0.25, 0.3) is 10.2 Å². The van der Waals surface area contributed by atoms with Gasteiger partial charge in [0, 0.05) is 7.05 Å². The number of thiazole rings is 1. The quantitative estimate of drug-likeness (QED) is 0.719. The average Bonchev–Trinajstić information content (AvgIpc) is 2.95. The van der Waals surface area contributed by atoms with Crippen molar-refractivity contribution in [2.24, 2.45) is 12.0 Å². The van der Waals surface area contributed by atoms with Crippen LogP contribution < -0.4 is 19.0 Å². The highest BCUT2D eigenvalue weighted by Crippen LogP contribution is 2.31. The normalized spacial score (nSPS) is 11.6. The van der Waals surface area contributed by atoms with E-state index in [1.165, 1.54) is 25.6 Å². The average molecular weight is 358 g/mol. The molecule has 25 heavy (non-hydrogen) atoms. The topological polar surface area (TPSA) is 62.1 Å². The van der Waals surface area contributed by atoms with Gasteiger partial charge in [0.25, 0.3) is 5.91 Å². The maximum absolute atomic E-state index is 12.7. The number of hydrogen-bond acceptors (Lipinski definition) is 5. The number of carbonyl (C=O) groups excluding carboxylic acids is 1. The van der Waals surface area contributed by atoms with Gasteiger partial charge in [-0.3, -0.25) is 4.79 Å². The van der Waals surface area contributed by atoms with Crippen LogP contribution in [0.1, 0.15) is 10.4 Å². The largest absolute Gasteiger partial charge is 0.497 e.